The van der Waals surface area contributed by atoms with Crippen molar-refractivity contribution in [1.29, 1.82) is 0 Å². The molecule has 1 aromatic heterocycles. The number of nitrogens with zero attached hydrogens (tertiary/aromatic N) is 1. The second-order valence-electron chi connectivity index (χ2n) is 5.80. The van der Waals surface area contributed by atoms with E-state index in [4.69, 9.17) is 0 Å². The maximum atomic E-state index is 12.4. The number of hydrogen-bond donors (Lipinski definition) is 2. The van der Waals surface area contributed by atoms with Crippen LogP contribution in [0.4, 0.5) is 4.79 Å². The Kier molecular flexibility index (Phi) is 4.88. The normalized spacial score (nSPS) is 23.7. The zero-order valence-electron chi connectivity index (χ0n) is 12.6. The summed E-state index contributed by atoms with van der Waals surface area (Å²) < 4.78 is 0. The fourth-order valence-electron chi connectivity index (χ4n) is 2.64. The van der Waals surface area contributed by atoms with Gasteiger partial charge in [0.25, 0.3) is 0 Å². The second-order valence-corrected chi connectivity index (χ2v) is 7.12. The molecule has 5 nitrogen and oxygen atoms in total. The lowest BCUT2D eigenvalue weighted by atomic mass is 9.93. The van der Waals surface area contributed by atoms with Gasteiger partial charge < -0.3 is 15.3 Å². The number of hydrogen-bond acceptors (Lipinski definition) is 3. The number of piperidine rings is 1. The van der Waals surface area contributed by atoms with Crippen LogP contribution in [0.5, 0.6) is 0 Å². The third kappa shape index (κ3) is 3.75. The third-order valence-electron chi connectivity index (χ3n) is 3.94. The molecule has 2 heterocycles. The predicted octanol–water partition coefficient (Wildman–Crippen LogP) is 3.01. The van der Waals surface area contributed by atoms with Gasteiger partial charge in [-0.05, 0) is 44.7 Å². The predicted molar refractivity (Wildman–Crippen MR) is 82.5 cm³/mol. The molecule has 0 bridgehead atoms. The summed E-state index contributed by atoms with van der Waals surface area (Å²) in [6.07, 6.45) is 1.37. The minimum absolute atomic E-state index is 0.106. The van der Waals surface area contributed by atoms with E-state index in [1.807, 2.05) is 32.9 Å². The number of amides is 2. The van der Waals surface area contributed by atoms with Gasteiger partial charge in [-0.25, -0.2) is 9.59 Å². The Hall–Kier alpha value is -1.56. The van der Waals surface area contributed by atoms with E-state index in [1.54, 1.807) is 11.3 Å². The van der Waals surface area contributed by atoms with Gasteiger partial charge in [-0.2, -0.15) is 0 Å². The maximum absolute atomic E-state index is 12.4. The average molecular weight is 310 g/mol. The number of carboxylic acid groups (broad SMARTS) is 1. The van der Waals surface area contributed by atoms with E-state index in [0.29, 0.717) is 18.9 Å². The Bertz CT molecular complexity index is 529. The summed E-state index contributed by atoms with van der Waals surface area (Å²) in [6, 6.07) is 2.91. The lowest BCUT2D eigenvalue weighted by Crippen LogP contribution is -2.53. The maximum Gasteiger partial charge on any atom is 0.326 e. The highest BCUT2D eigenvalue weighted by Gasteiger charge is 2.35. The first-order valence-electron chi connectivity index (χ1n) is 7.24. The smallest absolute Gasteiger partial charge is 0.326 e. The van der Waals surface area contributed by atoms with Crippen molar-refractivity contribution in [1.82, 2.24) is 10.2 Å². The molecule has 0 aromatic carbocycles. The third-order valence-corrected chi connectivity index (χ3v) is 5.12. The van der Waals surface area contributed by atoms with Crippen LogP contribution in [0.3, 0.4) is 0 Å². The number of carbonyl (C=O) groups excluding carboxylic acids is 1. The van der Waals surface area contributed by atoms with Gasteiger partial charge in [0.1, 0.15) is 6.04 Å². The molecule has 2 amide bonds. The molecule has 1 aliphatic rings. The van der Waals surface area contributed by atoms with E-state index >= 15 is 0 Å². The summed E-state index contributed by atoms with van der Waals surface area (Å²) >= 11 is 1.64. The van der Waals surface area contributed by atoms with Crippen LogP contribution >= 0.6 is 11.3 Å². The van der Waals surface area contributed by atoms with Crippen molar-refractivity contribution < 1.29 is 14.7 Å². The van der Waals surface area contributed by atoms with Crippen LogP contribution in [0.2, 0.25) is 0 Å². The molecule has 1 fully saturated rings. The summed E-state index contributed by atoms with van der Waals surface area (Å²) in [6.45, 7) is 6.48. The molecule has 21 heavy (non-hydrogen) atoms. The molecule has 1 aliphatic heterocycles. The molecule has 0 radical (unpaired) electrons. The van der Waals surface area contributed by atoms with Crippen LogP contribution in [0, 0.1) is 12.8 Å². The molecule has 3 unspecified atom stereocenters. The summed E-state index contributed by atoms with van der Waals surface area (Å²) in [5.74, 6) is -0.580. The van der Waals surface area contributed by atoms with Crippen molar-refractivity contribution in [3.05, 3.63) is 21.9 Å². The highest BCUT2D eigenvalue weighted by atomic mass is 32.1. The highest BCUT2D eigenvalue weighted by molar-refractivity contribution is 7.12. The van der Waals surface area contributed by atoms with Gasteiger partial charge >= 0.3 is 12.0 Å². The molecule has 116 valence electrons. The molecule has 1 saturated heterocycles. The quantitative estimate of drug-likeness (QED) is 0.901. The Morgan fingerprint density at radius 2 is 2.19 bits per heavy atom. The van der Waals surface area contributed by atoms with Crippen LogP contribution in [0.1, 0.15) is 42.5 Å². The zero-order chi connectivity index (χ0) is 15.6. The van der Waals surface area contributed by atoms with Gasteiger partial charge in [-0.1, -0.05) is 6.92 Å². The lowest BCUT2D eigenvalue weighted by molar-refractivity contribution is -0.143. The molecular formula is C15H22N2O3S. The number of carboxylic acids is 1. The van der Waals surface area contributed by atoms with E-state index in [1.165, 1.54) is 9.78 Å². The van der Waals surface area contributed by atoms with Crippen LogP contribution in [0.25, 0.3) is 0 Å². The first kappa shape index (κ1) is 15.8. The highest BCUT2D eigenvalue weighted by Crippen LogP contribution is 2.25. The Balaban J connectivity index is 2.02. The Morgan fingerprint density at radius 3 is 2.76 bits per heavy atom. The molecule has 1 aromatic rings. The van der Waals surface area contributed by atoms with Crippen LogP contribution in [-0.4, -0.2) is 34.6 Å². The van der Waals surface area contributed by atoms with Crippen molar-refractivity contribution in [3.8, 4) is 0 Å². The molecule has 2 N–H and O–H groups in total. The van der Waals surface area contributed by atoms with Gasteiger partial charge in [0.2, 0.25) is 0 Å². The summed E-state index contributed by atoms with van der Waals surface area (Å²) in [4.78, 5) is 27.5. The zero-order valence-corrected chi connectivity index (χ0v) is 13.4. The largest absolute Gasteiger partial charge is 0.480 e. The number of aliphatic carboxylic acids is 1. The van der Waals surface area contributed by atoms with E-state index in [2.05, 4.69) is 5.32 Å². The Labute approximate surface area is 129 Å². The van der Waals surface area contributed by atoms with Crippen LogP contribution < -0.4 is 5.32 Å². The molecular weight excluding hydrogens is 288 g/mol. The van der Waals surface area contributed by atoms with Gasteiger partial charge in [-0.15, -0.1) is 11.3 Å². The number of urea groups is 1. The molecule has 0 saturated carbocycles. The van der Waals surface area contributed by atoms with E-state index < -0.39 is 12.0 Å². The topological polar surface area (TPSA) is 69.6 Å². The first-order valence-corrected chi connectivity index (χ1v) is 8.06. The monoisotopic (exact) mass is 310 g/mol. The molecule has 6 heteroatoms. The number of thiophene rings is 1. The van der Waals surface area contributed by atoms with Crippen LogP contribution in [-0.2, 0) is 4.79 Å². The van der Waals surface area contributed by atoms with Crippen molar-refractivity contribution >= 4 is 23.3 Å². The molecule has 0 spiro atoms. The molecule has 2 rings (SSSR count). The SMILES string of the molecule is Cc1ccc(C(C)NC(=O)N2CCC(C)CC2C(=O)O)s1. The van der Waals surface area contributed by atoms with Gasteiger partial charge in [0.15, 0.2) is 0 Å². The van der Waals surface area contributed by atoms with Crippen LogP contribution in [0.15, 0.2) is 12.1 Å². The summed E-state index contributed by atoms with van der Waals surface area (Å²) in [5.41, 5.74) is 0. The molecule has 0 aliphatic carbocycles. The van der Waals surface area contributed by atoms with E-state index in [9.17, 15) is 14.7 Å². The van der Waals surface area contributed by atoms with Crippen molar-refractivity contribution in [3.63, 3.8) is 0 Å². The summed E-state index contributed by atoms with van der Waals surface area (Å²) in [7, 11) is 0. The Morgan fingerprint density at radius 1 is 1.48 bits per heavy atom. The second kappa shape index (κ2) is 6.47. The van der Waals surface area contributed by atoms with Gasteiger partial charge in [0, 0.05) is 16.3 Å². The number of carbonyl (C=O) groups is 2. The molecule has 3 atom stereocenters. The number of rotatable bonds is 3. The van der Waals surface area contributed by atoms with E-state index in [0.717, 1.165) is 11.3 Å². The fraction of sp³-hybridized carbons (Fsp3) is 0.600. The van der Waals surface area contributed by atoms with E-state index in [-0.39, 0.29) is 12.1 Å². The average Bonchev–Trinajstić information content (AvgIpc) is 2.85. The standard InChI is InChI=1S/C15H22N2O3S/c1-9-6-7-17(12(8-9)14(18)19)15(20)16-11(3)13-5-4-10(2)21-13/h4-5,9,11-12H,6-8H2,1-3H3,(H,16,20)(H,18,19). The number of aryl methyl sites for hydroxylation is 1. The first-order chi connectivity index (χ1) is 9.88. The van der Waals surface area contributed by atoms with Gasteiger partial charge in [-0.3, -0.25) is 0 Å². The fourth-order valence-corrected chi connectivity index (χ4v) is 3.52. The lowest BCUT2D eigenvalue weighted by Gasteiger charge is -2.36. The van der Waals surface area contributed by atoms with Crippen molar-refractivity contribution in [2.24, 2.45) is 5.92 Å². The van der Waals surface area contributed by atoms with Gasteiger partial charge in [0.05, 0.1) is 6.04 Å². The van der Waals surface area contributed by atoms with Crippen molar-refractivity contribution in [2.45, 2.75) is 45.7 Å². The summed E-state index contributed by atoms with van der Waals surface area (Å²) in [5, 5.41) is 12.2. The minimum atomic E-state index is -0.920. The number of likely N-dealkylation sites (tertiary alicyclic amines) is 1. The number of nitrogens with one attached hydrogen (secondary N) is 1. The van der Waals surface area contributed by atoms with Crippen molar-refractivity contribution in [2.75, 3.05) is 6.54 Å². The minimum Gasteiger partial charge on any atom is -0.480 e.